The fraction of sp³-hybridized carbons (Fsp3) is 0.214. The summed E-state index contributed by atoms with van der Waals surface area (Å²) in [6, 6.07) is 9.08. The lowest BCUT2D eigenvalue weighted by Gasteiger charge is -2.13. The van der Waals surface area contributed by atoms with Crippen molar-refractivity contribution in [2.45, 2.75) is 12.3 Å². The van der Waals surface area contributed by atoms with Crippen LogP contribution >= 0.6 is 15.9 Å². The average Bonchev–Trinajstić information content (AvgIpc) is 2.46. The second kappa shape index (κ2) is 6.47. The number of carboxylic acid groups (broad SMARTS) is 1. The number of halogens is 1. The van der Waals surface area contributed by atoms with Gasteiger partial charge in [-0.25, -0.2) is 9.97 Å². The molecule has 1 aromatic heterocycles. The van der Waals surface area contributed by atoms with Gasteiger partial charge in [0, 0.05) is 10.5 Å². The number of carbonyl (C=O) groups is 1. The minimum Gasteiger partial charge on any atom is -0.481 e. The van der Waals surface area contributed by atoms with Gasteiger partial charge in [0.1, 0.15) is 12.2 Å². The zero-order valence-electron chi connectivity index (χ0n) is 10.8. The Kier molecular flexibility index (Phi) is 4.68. The second-order valence-corrected chi connectivity index (χ2v) is 5.03. The molecule has 1 heterocycles. The Bertz CT molecular complexity index is 619. The first-order valence-corrected chi connectivity index (χ1v) is 6.73. The fourth-order valence-electron chi connectivity index (χ4n) is 1.86. The summed E-state index contributed by atoms with van der Waals surface area (Å²) >= 11 is 3.42. The van der Waals surface area contributed by atoms with Crippen molar-refractivity contribution >= 4 is 21.9 Å². The smallest absolute Gasteiger partial charge is 0.312 e. The lowest BCUT2D eigenvalue weighted by Crippen LogP contribution is -2.16. The summed E-state index contributed by atoms with van der Waals surface area (Å²) in [7, 11) is 1.48. The molecule has 5 nitrogen and oxygen atoms in total. The van der Waals surface area contributed by atoms with E-state index in [1.165, 1.54) is 13.4 Å². The van der Waals surface area contributed by atoms with E-state index in [0.717, 1.165) is 10.0 Å². The van der Waals surface area contributed by atoms with Crippen LogP contribution in [0.2, 0.25) is 0 Å². The number of aliphatic carboxylic acids is 1. The van der Waals surface area contributed by atoms with Gasteiger partial charge in [0.2, 0.25) is 5.88 Å². The molecule has 6 heteroatoms. The molecule has 1 aromatic carbocycles. The highest BCUT2D eigenvalue weighted by atomic mass is 79.9. The Morgan fingerprint density at radius 2 is 2.15 bits per heavy atom. The van der Waals surface area contributed by atoms with Crippen LogP contribution in [0.3, 0.4) is 0 Å². The number of aromatic nitrogens is 2. The van der Waals surface area contributed by atoms with Gasteiger partial charge in [-0.15, -0.1) is 0 Å². The number of hydrogen-bond acceptors (Lipinski definition) is 4. The van der Waals surface area contributed by atoms with Gasteiger partial charge in [-0.1, -0.05) is 34.1 Å². The van der Waals surface area contributed by atoms with E-state index in [2.05, 4.69) is 25.9 Å². The molecule has 2 rings (SSSR count). The van der Waals surface area contributed by atoms with Crippen LogP contribution in [0.1, 0.15) is 17.2 Å². The van der Waals surface area contributed by atoms with Crippen LogP contribution in [0.25, 0.3) is 0 Å². The van der Waals surface area contributed by atoms with Crippen LogP contribution in [0.5, 0.6) is 5.88 Å². The predicted molar refractivity (Wildman–Crippen MR) is 76.8 cm³/mol. The largest absolute Gasteiger partial charge is 0.481 e. The Labute approximate surface area is 124 Å². The van der Waals surface area contributed by atoms with E-state index in [9.17, 15) is 9.90 Å². The van der Waals surface area contributed by atoms with Crippen LogP contribution in [0.4, 0.5) is 0 Å². The first kappa shape index (κ1) is 14.5. The minimum absolute atomic E-state index is 0.344. The number of ether oxygens (including phenoxy) is 1. The number of nitrogens with zero attached hydrogens (tertiary/aromatic N) is 2. The maximum absolute atomic E-state index is 11.5. The molecule has 0 aliphatic carbocycles. The number of methoxy groups -OCH3 is 1. The zero-order valence-corrected chi connectivity index (χ0v) is 12.4. The lowest BCUT2D eigenvalue weighted by atomic mass is 9.96. The molecule has 0 aliphatic rings. The zero-order chi connectivity index (χ0) is 14.5. The van der Waals surface area contributed by atoms with E-state index in [1.807, 2.05) is 24.3 Å². The maximum Gasteiger partial charge on any atom is 0.312 e. The van der Waals surface area contributed by atoms with Crippen molar-refractivity contribution in [3.05, 3.63) is 52.4 Å². The Hall–Kier alpha value is -1.95. The number of benzene rings is 1. The first-order valence-electron chi connectivity index (χ1n) is 5.94. The van der Waals surface area contributed by atoms with Gasteiger partial charge in [-0.05, 0) is 18.1 Å². The van der Waals surface area contributed by atoms with Crippen LogP contribution in [0, 0.1) is 0 Å². The van der Waals surface area contributed by atoms with Crippen LogP contribution in [0.15, 0.2) is 41.1 Å². The van der Waals surface area contributed by atoms with Crippen molar-refractivity contribution in [3.63, 3.8) is 0 Å². The highest BCUT2D eigenvalue weighted by molar-refractivity contribution is 9.10. The van der Waals surface area contributed by atoms with Gasteiger partial charge >= 0.3 is 5.97 Å². The van der Waals surface area contributed by atoms with E-state index in [0.29, 0.717) is 18.0 Å². The molecule has 0 fully saturated rings. The topological polar surface area (TPSA) is 72.3 Å². The van der Waals surface area contributed by atoms with E-state index < -0.39 is 11.9 Å². The summed E-state index contributed by atoms with van der Waals surface area (Å²) in [5.41, 5.74) is 1.34. The molecule has 0 saturated carbocycles. The normalized spacial score (nSPS) is 11.9. The molecule has 0 spiro atoms. The summed E-state index contributed by atoms with van der Waals surface area (Å²) in [5.74, 6) is -1.32. The number of carboxylic acids is 1. The molecular formula is C14H13BrN2O3. The maximum atomic E-state index is 11.5. The van der Waals surface area contributed by atoms with Crippen molar-refractivity contribution in [3.8, 4) is 5.88 Å². The predicted octanol–water partition coefficient (Wildman–Crippen LogP) is 2.66. The molecule has 2 aromatic rings. The lowest BCUT2D eigenvalue weighted by molar-refractivity contribution is -0.138. The molecule has 0 aliphatic heterocycles. The third-order valence-electron chi connectivity index (χ3n) is 2.91. The number of rotatable bonds is 5. The molecule has 0 amide bonds. The van der Waals surface area contributed by atoms with Crippen molar-refractivity contribution in [1.29, 1.82) is 0 Å². The second-order valence-electron chi connectivity index (χ2n) is 4.17. The van der Waals surface area contributed by atoms with Crippen LogP contribution < -0.4 is 4.74 Å². The molecule has 1 N–H and O–H groups in total. The van der Waals surface area contributed by atoms with E-state index in [1.54, 1.807) is 6.07 Å². The van der Waals surface area contributed by atoms with Gasteiger partial charge in [0.05, 0.1) is 12.8 Å². The minimum atomic E-state index is -0.929. The van der Waals surface area contributed by atoms with Gasteiger partial charge in [-0.3, -0.25) is 4.79 Å². The highest BCUT2D eigenvalue weighted by Gasteiger charge is 2.23. The standard InChI is InChI=1S/C14H13BrN2O3/c1-20-13-7-12(16-8-17-13)10(14(18)19)6-9-4-2-3-5-11(9)15/h2-5,7-8,10H,6H2,1H3,(H,18,19). The van der Waals surface area contributed by atoms with Crippen molar-refractivity contribution in [2.24, 2.45) is 0 Å². The summed E-state index contributed by atoms with van der Waals surface area (Å²) in [5, 5.41) is 9.43. The van der Waals surface area contributed by atoms with Gasteiger partial charge in [0.25, 0.3) is 0 Å². The molecular weight excluding hydrogens is 324 g/mol. The first-order chi connectivity index (χ1) is 9.61. The van der Waals surface area contributed by atoms with Gasteiger partial charge < -0.3 is 9.84 Å². The van der Waals surface area contributed by atoms with E-state index in [4.69, 9.17) is 4.74 Å². The third kappa shape index (κ3) is 3.33. The molecule has 0 saturated heterocycles. The Balaban J connectivity index is 2.32. The molecule has 0 radical (unpaired) electrons. The Morgan fingerprint density at radius 1 is 1.40 bits per heavy atom. The van der Waals surface area contributed by atoms with Gasteiger partial charge in [-0.2, -0.15) is 0 Å². The van der Waals surface area contributed by atoms with Crippen LogP contribution in [-0.4, -0.2) is 28.2 Å². The average molecular weight is 337 g/mol. The highest BCUT2D eigenvalue weighted by Crippen LogP contribution is 2.25. The SMILES string of the molecule is COc1cc(C(Cc2ccccc2Br)C(=O)O)ncn1. The van der Waals surface area contributed by atoms with Crippen molar-refractivity contribution in [1.82, 2.24) is 9.97 Å². The molecule has 0 bridgehead atoms. The van der Waals surface area contributed by atoms with Crippen molar-refractivity contribution < 1.29 is 14.6 Å². The molecule has 104 valence electrons. The Morgan fingerprint density at radius 3 is 2.80 bits per heavy atom. The van der Waals surface area contributed by atoms with E-state index in [-0.39, 0.29) is 0 Å². The molecule has 1 atom stereocenters. The monoisotopic (exact) mass is 336 g/mol. The number of hydrogen-bond donors (Lipinski definition) is 1. The summed E-state index contributed by atoms with van der Waals surface area (Å²) < 4.78 is 5.89. The summed E-state index contributed by atoms with van der Waals surface area (Å²) in [4.78, 5) is 19.4. The summed E-state index contributed by atoms with van der Waals surface area (Å²) in [6.07, 6.45) is 1.65. The molecule has 1 unspecified atom stereocenters. The van der Waals surface area contributed by atoms with Gasteiger partial charge in [0.15, 0.2) is 0 Å². The van der Waals surface area contributed by atoms with E-state index >= 15 is 0 Å². The fourth-order valence-corrected chi connectivity index (χ4v) is 2.30. The molecule has 20 heavy (non-hydrogen) atoms. The van der Waals surface area contributed by atoms with Crippen LogP contribution in [-0.2, 0) is 11.2 Å². The quantitative estimate of drug-likeness (QED) is 0.908. The van der Waals surface area contributed by atoms with Crippen molar-refractivity contribution in [2.75, 3.05) is 7.11 Å². The summed E-state index contributed by atoms with van der Waals surface area (Å²) in [6.45, 7) is 0. The third-order valence-corrected chi connectivity index (χ3v) is 3.68.